The summed E-state index contributed by atoms with van der Waals surface area (Å²) in [5.74, 6) is 0.683. The van der Waals surface area contributed by atoms with Gasteiger partial charge in [-0.3, -0.25) is 0 Å². The first-order valence-electron chi connectivity index (χ1n) is 4.99. The van der Waals surface area contributed by atoms with Crippen molar-refractivity contribution in [2.24, 2.45) is 0 Å². The minimum absolute atomic E-state index is 0.683. The van der Waals surface area contributed by atoms with Gasteiger partial charge in [-0.15, -0.1) is 0 Å². The van der Waals surface area contributed by atoms with Crippen molar-refractivity contribution in [3.05, 3.63) is 34.3 Å². The molecule has 0 nitrogen and oxygen atoms in total. The maximum absolute atomic E-state index is 3.42. The van der Waals surface area contributed by atoms with Crippen molar-refractivity contribution in [2.45, 2.75) is 40.0 Å². The molecule has 0 aliphatic carbocycles. The highest BCUT2D eigenvalue weighted by atomic mass is 79.9. The lowest BCUT2D eigenvalue weighted by Crippen LogP contribution is -1.89. The Morgan fingerprint density at radius 2 is 1.62 bits per heavy atom. The summed E-state index contributed by atoms with van der Waals surface area (Å²) in [5, 5.41) is 0. The maximum Gasteiger partial charge on any atom is 0.0175 e. The normalized spacial score (nSPS) is 11.5. The lowest BCUT2D eigenvalue weighted by molar-refractivity contribution is 0.733. The van der Waals surface area contributed by atoms with Crippen molar-refractivity contribution in [1.29, 1.82) is 0 Å². The van der Waals surface area contributed by atoms with E-state index in [0.717, 1.165) is 4.47 Å². The SMILES string of the molecule is CC.CC[C@H](C)c1ccc(Br)cc1. The molecular formula is C12H19Br. The molecular weight excluding hydrogens is 224 g/mol. The number of benzene rings is 1. The topological polar surface area (TPSA) is 0 Å². The highest BCUT2D eigenvalue weighted by molar-refractivity contribution is 9.10. The van der Waals surface area contributed by atoms with Gasteiger partial charge in [0.1, 0.15) is 0 Å². The molecule has 0 aliphatic heterocycles. The number of rotatable bonds is 2. The second-order valence-corrected chi connectivity index (χ2v) is 3.78. The summed E-state index contributed by atoms with van der Waals surface area (Å²) < 4.78 is 1.16. The van der Waals surface area contributed by atoms with Gasteiger partial charge in [0, 0.05) is 4.47 Å². The fraction of sp³-hybridized carbons (Fsp3) is 0.500. The molecule has 0 radical (unpaired) electrons. The molecule has 1 aromatic carbocycles. The van der Waals surface area contributed by atoms with E-state index < -0.39 is 0 Å². The van der Waals surface area contributed by atoms with Crippen LogP contribution in [-0.4, -0.2) is 0 Å². The fourth-order valence-electron chi connectivity index (χ4n) is 1.03. The van der Waals surface area contributed by atoms with Crippen molar-refractivity contribution in [3.63, 3.8) is 0 Å². The van der Waals surface area contributed by atoms with E-state index in [-0.39, 0.29) is 0 Å². The molecule has 1 aromatic rings. The molecule has 0 unspecified atom stereocenters. The van der Waals surface area contributed by atoms with E-state index in [4.69, 9.17) is 0 Å². The van der Waals surface area contributed by atoms with Crippen LogP contribution in [0, 0.1) is 0 Å². The molecule has 0 heterocycles. The molecule has 0 N–H and O–H groups in total. The van der Waals surface area contributed by atoms with Gasteiger partial charge in [0.15, 0.2) is 0 Å². The third kappa shape index (κ3) is 4.47. The molecule has 1 heteroatoms. The number of hydrogen-bond donors (Lipinski definition) is 0. The molecule has 1 rings (SSSR count). The summed E-state index contributed by atoms with van der Waals surface area (Å²) in [6, 6.07) is 8.56. The van der Waals surface area contributed by atoms with E-state index in [2.05, 4.69) is 54.0 Å². The highest BCUT2D eigenvalue weighted by Gasteiger charge is 2.00. The van der Waals surface area contributed by atoms with Crippen molar-refractivity contribution in [2.75, 3.05) is 0 Å². The van der Waals surface area contributed by atoms with E-state index in [0.29, 0.717) is 5.92 Å². The van der Waals surface area contributed by atoms with Crippen LogP contribution < -0.4 is 0 Å². The molecule has 0 fully saturated rings. The zero-order valence-electron chi connectivity index (χ0n) is 8.97. The average Bonchev–Trinajstić information content (AvgIpc) is 2.21. The molecule has 1 atom stereocenters. The summed E-state index contributed by atoms with van der Waals surface area (Å²) >= 11 is 3.42. The van der Waals surface area contributed by atoms with Crippen LogP contribution in [-0.2, 0) is 0 Å². The first-order valence-corrected chi connectivity index (χ1v) is 5.78. The van der Waals surface area contributed by atoms with Crippen LogP contribution in [0.3, 0.4) is 0 Å². The zero-order chi connectivity index (χ0) is 10.3. The van der Waals surface area contributed by atoms with Crippen LogP contribution in [0.4, 0.5) is 0 Å². The van der Waals surface area contributed by atoms with Gasteiger partial charge in [-0.25, -0.2) is 0 Å². The second kappa shape index (κ2) is 7.14. The van der Waals surface area contributed by atoms with Crippen molar-refractivity contribution >= 4 is 15.9 Å². The first-order chi connectivity index (χ1) is 6.24. The lowest BCUT2D eigenvalue weighted by atomic mass is 9.99. The number of halogens is 1. The largest absolute Gasteiger partial charge is 0.0683 e. The van der Waals surface area contributed by atoms with E-state index in [1.165, 1.54) is 12.0 Å². The van der Waals surface area contributed by atoms with E-state index >= 15 is 0 Å². The third-order valence-corrected chi connectivity index (χ3v) is 2.58. The Morgan fingerprint density at radius 1 is 1.15 bits per heavy atom. The van der Waals surface area contributed by atoms with E-state index in [1.807, 2.05) is 13.8 Å². The number of hydrogen-bond acceptors (Lipinski definition) is 0. The Kier molecular flexibility index (Phi) is 6.97. The molecule has 74 valence electrons. The molecule has 0 amide bonds. The molecule has 0 bridgehead atoms. The van der Waals surface area contributed by atoms with Crippen molar-refractivity contribution in [3.8, 4) is 0 Å². The summed E-state index contributed by atoms with van der Waals surface area (Å²) in [5.41, 5.74) is 1.43. The van der Waals surface area contributed by atoms with Gasteiger partial charge in [-0.05, 0) is 30.0 Å². The quantitative estimate of drug-likeness (QED) is 0.686. The minimum atomic E-state index is 0.683. The van der Waals surface area contributed by atoms with Crippen molar-refractivity contribution < 1.29 is 0 Å². The lowest BCUT2D eigenvalue weighted by Gasteiger charge is -2.07. The van der Waals surface area contributed by atoms with E-state index in [1.54, 1.807) is 0 Å². The molecule has 0 saturated carbocycles. The van der Waals surface area contributed by atoms with Crippen LogP contribution in [0.2, 0.25) is 0 Å². The molecule has 0 spiro atoms. The monoisotopic (exact) mass is 242 g/mol. The summed E-state index contributed by atoms with van der Waals surface area (Å²) in [6.07, 6.45) is 1.21. The Morgan fingerprint density at radius 3 is 2.00 bits per heavy atom. The van der Waals surface area contributed by atoms with Gasteiger partial charge in [0.25, 0.3) is 0 Å². The van der Waals surface area contributed by atoms with Crippen LogP contribution in [0.25, 0.3) is 0 Å². The van der Waals surface area contributed by atoms with Crippen molar-refractivity contribution in [1.82, 2.24) is 0 Å². The molecule has 0 aromatic heterocycles. The van der Waals surface area contributed by atoms with Gasteiger partial charge in [0.2, 0.25) is 0 Å². The summed E-state index contributed by atoms with van der Waals surface area (Å²) in [4.78, 5) is 0. The fourth-order valence-corrected chi connectivity index (χ4v) is 1.29. The van der Waals surface area contributed by atoms with Gasteiger partial charge >= 0.3 is 0 Å². The average molecular weight is 243 g/mol. The second-order valence-electron chi connectivity index (χ2n) is 2.86. The van der Waals surface area contributed by atoms with Crippen LogP contribution in [0.1, 0.15) is 45.6 Å². The predicted octanol–water partition coefficient (Wildman–Crippen LogP) is 4.99. The Balaban J connectivity index is 0.000000671. The standard InChI is InChI=1S/C10H13Br.C2H6/c1-3-8(2)9-4-6-10(11)7-5-9;1-2/h4-8H,3H2,1-2H3;1-2H3/t8-;/m0./s1. The van der Waals surface area contributed by atoms with E-state index in [9.17, 15) is 0 Å². The maximum atomic E-state index is 3.42. The third-order valence-electron chi connectivity index (χ3n) is 2.05. The highest BCUT2D eigenvalue weighted by Crippen LogP contribution is 2.20. The Bertz CT molecular complexity index is 213. The molecule has 0 aliphatic rings. The van der Waals surface area contributed by atoms with Gasteiger partial charge in [0.05, 0.1) is 0 Å². The van der Waals surface area contributed by atoms with Gasteiger partial charge in [-0.1, -0.05) is 55.8 Å². The summed E-state index contributed by atoms with van der Waals surface area (Å²) in [7, 11) is 0. The van der Waals surface area contributed by atoms with Gasteiger partial charge in [-0.2, -0.15) is 0 Å². The van der Waals surface area contributed by atoms with Crippen LogP contribution in [0.15, 0.2) is 28.7 Å². The Labute approximate surface area is 90.5 Å². The summed E-state index contributed by atoms with van der Waals surface area (Å²) in [6.45, 7) is 8.47. The Hall–Kier alpha value is -0.300. The van der Waals surface area contributed by atoms with Crippen LogP contribution >= 0.6 is 15.9 Å². The molecule has 13 heavy (non-hydrogen) atoms. The van der Waals surface area contributed by atoms with Gasteiger partial charge < -0.3 is 0 Å². The predicted molar refractivity (Wildman–Crippen MR) is 64.2 cm³/mol. The van der Waals surface area contributed by atoms with Crippen LogP contribution in [0.5, 0.6) is 0 Å². The first kappa shape index (κ1) is 12.7. The smallest absolute Gasteiger partial charge is 0.0175 e. The minimum Gasteiger partial charge on any atom is -0.0683 e. The zero-order valence-corrected chi connectivity index (χ0v) is 10.6. The molecule has 0 saturated heterocycles.